The fourth-order valence-electron chi connectivity index (χ4n) is 2.43. The molecular formula is C18H18N2O3. The normalized spacial score (nSPS) is 19.3. The van der Waals surface area contributed by atoms with Gasteiger partial charge in [0.2, 0.25) is 0 Å². The predicted octanol–water partition coefficient (Wildman–Crippen LogP) is 3.03. The number of aryl methyl sites for hydroxylation is 2. The molecule has 2 aromatic carbocycles. The third kappa shape index (κ3) is 2.65. The molecule has 1 unspecified atom stereocenters. The van der Waals surface area contributed by atoms with Gasteiger partial charge >= 0.3 is 0 Å². The minimum Gasteiger partial charge on any atom is -0.466 e. The predicted molar refractivity (Wildman–Crippen MR) is 88.7 cm³/mol. The van der Waals surface area contributed by atoms with Gasteiger partial charge in [0, 0.05) is 5.69 Å². The molecule has 0 saturated heterocycles. The molecule has 118 valence electrons. The lowest BCUT2D eigenvalue weighted by molar-refractivity contribution is -0.143. The lowest BCUT2D eigenvalue weighted by Gasteiger charge is -2.33. The van der Waals surface area contributed by atoms with E-state index in [1.165, 1.54) is 6.92 Å². The van der Waals surface area contributed by atoms with E-state index in [0.29, 0.717) is 17.1 Å². The van der Waals surface area contributed by atoms with Gasteiger partial charge in [0.25, 0.3) is 17.4 Å². The zero-order valence-corrected chi connectivity index (χ0v) is 13.3. The lowest BCUT2D eigenvalue weighted by Crippen LogP contribution is -2.56. The molecule has 0 fully saturated rings. The van der Waals surface area contributed by atoms with Crippen LogP contribution in [0.5, 0.6) is 5.75 Å². The van der Waals surface area contributed by atoms with Gasteiger partial charge in [-0.25, -0.2) is 0 Å². The number of hydrogen-bond donors (Lipinski definition) is 2. The minimum atomic E-state index is -1.62. The van der Waals surface area contributed by atoms with Gasteiger partial charge in [-0.2, -0.15) is 0 Å². The summed E-state index contributed by atoms with van der Waals surface area (Å²) in [6, 6.07) is 12.8. The molecule has 0 bridgehead atoms. The Bertz CT molecular complexity index is 801. The van der Waals surface area contributed by atoms with Gasteiger partial charge in [0.1, 0.15) is 5.75 Å². The van der Waals surface area contributed by atoms with Gasteiger partial charge in [-0.05, 0) is 50.1 Å². The maximum Gasteiger partial charge on any atom is 0.278 e. The summed E-state index contributed by atoms with van der Waals surface area (Å²) >= 11 is 0. The van der Waals surface area contributed by atoms with Gasteiger partial charge in [0.15, 0.2) is 0 Å². The molecule has 0 aromatic heterocycles. The summed E-state index contributed by atoms with van der Waals surface area (Å²) in [5, 5.41) is 5.52. The second kappa shape index (κ2) is 5.43. The van der Waals surface area contributed by atoms with Crippen molar-refractivity contribution in [2.75, 3.05) is 10.6 Å². The van der Waals surface area contributed by atoms with Crippen LogP contribution in [-0.4, -0.2) is 17.4 Å². The van der Waals surface area contributed by atoms with E-state index in [9.17, 15) is 9.59 Å². The second-order valence-electron chi connectivity index (χ2n) is 5.86. The molecule has 0 spiro atoms. The highest BCUT2D eigenvalue weighted by Crippen LogP contribution is 2.34. The third-order valence-electron chi connectivity index (χ3n) is 3.96. The van der Waals surface area contributed by atoms with Crippen molar-refractivity contribution in [3.63, 3.8) is 0 Å². The maximum absolute atomic E-state index is 12.7. The number of benzene rings is 2. The van der Waals surface area contributed by atoms with E-state index in [2.05, 4.69) is 10.6 Å². The molecule has 0 aliphatic carbocycles. The van der Waals surface area contributed by atoms with Gasteiger partial charge in [-0.3, -0.25) is 9.59 Å². The van der Waals surface area contributed by atoms with E-state index in [0.717, 1.165) is 11.1 Å². The van der Waals surface area contributed by atoms with Crippen LogP contribution in [0.2, 0.25) is 0 Å². The Kier molecular flexibility index (Phi) is 3.56. The number of carbonyl (C=O) groups is 2. The number of hydrogen-bond acceptors (Lipinski definition) is 3. The van der Waals surface area contributed by atoms with E-state index in [1.807, 2.05) is 32.0 Å². The van der Waals surface area contributed by atoms with Crippen molar-refractivity contribution in [1.29, 1.82) is 0 Å². The van der Waals surface area contributed by atoms with Crippen LogP contribution >= 0.6 is 0 Å². The highest BCUT2D eigenvalue weighted by molar-refractivity contribution is 6.19. The molecule has 1 aliphatic rings. The van der Waals surface area contributed by atoms with Gasteiger partial charge < -0.3 is 15.4 Å². The number of fused-ring (bicyclic) bond motifs is 1. The standard InChI is InChI=1S/C18H18N2O3/c1-11-8-9-12(2)14(10-11)20-17(22)18(3)16(21)19-13-6-4-5-7-15(13)23-18/h4-10H,1-3H3,(H,19,21)(H,20,22). The molecule has 1 heterocycles. The monoisotopic (exact) mass is 310 g/mol. The third-order valence-corrected chi connectivity index (χ3v) is 3.96. The summed E-state index contributed by atoms with van der Waals surface area (Å²) in [5.41, 5.74) is 1.56. The number of anilines is 2. The molecule has 2 amide bonds. The van der Waals surface area contributed by atoms with Crippen molar-refractivity contribution in [1.82, 2.24) is 0 Å². The number of ether oxygens (including phenoxy) is 1. The van der Waals surface area contributed by atoms with Crippen LogP contribution in [0.15, 0.2) is 42.5 Å². The molecule has 1 atom stereocenters. The summed E-state index contributed by atoms with van der Waals surface area (Å²) in [6.07, 6.45) is 0. The van der Waals surface area contributed by atoms with E-state index in [-0.39, 0.29) is 0 Å². The summed E-state index contributed by atoms with van der Waals surface area (Å²) < 4.78 is 5.71. The molecule has 0 saturated carbocycles. The molecule has 23 heavy (non-hydrogen) atoms. The Hall–Kier alpha value is -2.82. The van der Waals surface area contributed by atoms with Crippen molar-refractivity contribution in [3.8, 4) is 5.75 Å². The highest BCUT2D eigenvalue weighted by Gasteiger charge is 2.47. The minimum absolute atomic E-state index is 0.478. The van der Waals surface area contributed by atoms with Gasteiger partial charge in [0.05, 0.1) is 5.69 Å². The first-order valence-electron chi connectivity index (χ1n) is 7.38. The SMILES string of the molecule is Cc1ccc(C)c(NC(=O)C2(C)Oc3ccccc3NC2=O)c1. The zero-order chi connectivity index (χ0) is 16.6. The Labute approximate surface area is 134 Å². The van der Waals surface area contributed by atoms with Crippen molar-refractivity contribution in [2.24, 2.45) is 0 Å². The van der Waals surface area contributed by atoms with Gasteiger partial charge in [-0.1, -0.05) is 24.3 Å². The van der Waals surface area contributed by atoms with E-state index >= 15 is 0 Å². The van der Waals surface area contributed by atoms with E-state index in [4.69, 9.17) is 4.74 Å². The number of nitrogens with one attached hydrogen (secondary N) is 2. The van der Waals surface area contributed by atoms with Crippen LogP contribution in [-0.2, 0) is 9.59 Å². The highest BCUT2D eigenvalue weighted by atomic mass is 16.5. The first-order chi connectivity index (χ1) is 10.9. The summed E-state index contributed by atoms with van der Waals surface area (Å²) in [7, 11) is 0. The van der Waals surface area contributed by atoms with Crippen LogP contribution in [0.25, 0.3) is 0 Å². The van der Waals surface area contributed by atoms with E-state index < -0.39 is 17.4 Å². The number of para-hydroxylation sites is 2. The molecule has 5 nitrogen and oxygen atoms in total. The average molecular weight is 310 g/mol. The number of amides is 2. The van der Waals surface area contributed by atoms with Crippen molar-refractivity contribution in [3.05, 3.63) is 53.6 Å². The van der Waals surface area contributed by atoms with E-state index in [1.54, 1.807) is 24.3 Å². The molecule has 3 rings (SSSR count). The van der Waals surface area contributed by atoms with Crippen molar-refractivity contribution in [2.45, 2.75) is 26.4 Å². The number of rotatable bonds is 2. The molecule has 1 aliphatic heterocycles. The van der Waals surface area contributed by atoms with Gasteiger partial charge in [-0.15, -0.1) is 0 Å². The van der Waals surface area contributed by atoms with Crippen LogP contribution < -0.4 is 15.4 Å². The molecule has 2 N–H and O–H groups in total. The second-order valence-corrected chi connectivity index (χ2v) is 5.86. The maximum atomic E-state index is 12.7. The van der Waals surface area contributed by atoms with Crippen LogP contribution in [0.4, 0.5) is 11.4 Å². The fourth-order valence-corrected chi connectivity index (χ4v) is 2.43. The van der Waals surface area contributed by atoms with Crippen LogP contribution in [0.3, 0.4) is 0 Å². The lowest BCUT2D eigenvalue weighted by atomic mass is 10.0. The Morgan fingerprint density at radius 1 is 1.17 bits per heavy atom. The summed E-state index contributed by atoms with van der Waals surface area (Å²) in [5.74, 6) is -0.511. The van der Waals surface area contributed by atoms with Crippen molar-refractivity contribution >= 4 is 23.2 Å². The van der Waals surface area contributed by atoms with Crippen molar-refractivity contribution < 1.29 is 14.3 Å². The zero-order valence-electron chi connectivity index (χ0n) is 13.3. The quantitative estimate of drug-likeness (QED) is 0.838. The Balaban J connectivity index is 1.89. The average Bonchev–Trinajstić information content (AvgIpc) is 2.52. The van der Waals surface area contributed by atoms with Crippen LogP contribution in [0, 0.1) is 13.8 Å². The largest absolute Gasteiger partial charge is 0.466 e. The smallest absolute Gasteiger partial charge is 0.278 e. The molecular weight excluding hydrogens is 292 g/mol. The Morgan fingerprint density at radius 3 is 2.70 bits per heavy atom. The molecule has 5 heteroatoms. The first kappa shape index (κ1) is 15.1. The topological polar surface area (TPSA) is 67.4 Å². The molecule has 2 aromatic rings. The summed E-state index contributed by atoms with van der Waals surface area (Å²) in [4.78, 5) is 25.0. The summed E-state index contributed by atoms with van der Waals surface area (Å²) in [6.45, 7) is 5.31. The molecule has 0 radical (unpaired) electrons. The Morgan fingerprint density at radius 2 is 1.91 bits per heavy atom. The first-order valence-corrected chi connectivity index (χ1v) is 7.38. The fraction of sp³-hybridized carbons (Fsp3) is 0.222. The van der Waals surface area contributed by atoms with Crippen LogP contribution in [0.1, 0.15) is 18.1 Å². The number of carbonyl (C=O) groups excluding carboxylic acids is 2.